The highest BCUT2D eigenvalue weighted by atomic mass is 16.5. The number of aryl methyl sites for hydroxylation is 2. The number of hydrogen-bond acceptors (Lipinski definition) is 6. The fraction of sp³-hybridized carbons (Fsp3) is 0.318. The Kier molecular flexibility index (Phi) is 7.80. The first-order chi connectivity index (χ1) is 14.2. The Morgan fingerprint density at radius 3 is 2.27 bits per heavy atom. The van der Waals surface area contributed by atoms with E-state index in [-0.39, 0.29) is 24.0 Å². The predicted octanol–water partition coefficient (Wildman–Crippen LogP) is 4.04. The van der Waals surface area contributed by atoms with Crippen molar-refractivity contribution in [1.82, 2.24) is 0 Å². The first-order valence-electron chi connectivity index (χ1n) is 9.65. The highest BCUT2D eigenvalue weighted by molar-refractivity contribution is 6.37. The maximum absolute atomic E-state index is 11.8. The number of phenolic OH excluding ortho intramolecular Hbond substituents is 1. The van der Waals surface area contributed by atoms with Gasteiger partial charge in [0.25, 0.3) is 0 Å². The zero-order valence-corrected chi connectivity index (χ0v) is 17.5. The number of anilines is 2. The van der Waals surface area contributed by atoms with Gasteiger partial charge in [0.1, 0.15) is 17.2 Å². The number of aromatic hydroxyl groups is 1. The molecule has 0 saturated heterocycles. The molecule has 0 atom stereocenters. The number of amides is 2. The normalized spacial score (nSPS) is 10.3. The van der Waals surface area contributed by atoms with Gasteiger partial charge < -0.3 is 25.2 Å². The van der Waals surface area contributed by atoms with Gasteiger partial charge in [-0.15, -0.1) is 0 Å². The number of hydrogen-bond donors (Lipinski definition) is 3. The van der Waals surface area contributed by atoms with E-state index in [0.29, 0.717) is 30.0 Å². The Morgan fingerprint density at radius 2 is 1.67 bits per heavy atom. The summed E-state index contributed by atoms with van der Waals surface area (Å²) < 4.78 is 10.6. The number of phenols is 1. The van der Waals surface area contributed by atoms with Gasteiger partial charge in [0.15, 0.2) is 0 Å². The third kappa shape index (κ3) is 5.97. The van der Waals surface area contributed by atoms with Crippen LogP contribution in [-0.4, -0.2) is 29.5 Å². The van der Waals surface area contributed by atoms with Gasteiger partial charge in [0.2, 0.25) is 5.91 Å². The summed E-state index contributed by atoms with van der Waals surface area (Å²) in [5, 5.41) is 15.1. The van der Waals surface area contributed by atoms with Gasteiger partial charge in [0, 0.05) is 18.2 Å². The van der Waals surface area contributed by atoms with Crippen molar-refractivity contribution in [2.24, 2.45) is 0 Å². The van der Waals surface area contributed by atoms with E-state index in [2.05, 4.69) is 15.4 Å². The standard InChI is InChI=1S/C22H26N2O6/c1-5-7-19(26)24-17-12-16(8-9-18(17)25)30-20-13(3)10-15(11-14(20)4)23-21(27)22(28)29-6-2/h8-12,25H,5-7H2,1-4H3,(H,23,27)(H,24,26). The minimum atomic E-state index is -0.949. The van der Waals surface area contributed by atoms with E-state index < -0.39 is 11.9 Å². The quantitative estimate of drug-likeness (QED) is 0.358. The van der Waals surface area contributed by atoms with Crippen LogP contribution in [0.5, 0.6) is 17.2 Å². The number of carbonyl (C=O) groups excluding carboxylic acids is 3. The molecule has 0 radical (unpaired) electrons. The average molecular weight is 414 g/mol. The fourth-order valence-corrected chi connectivity index (χ4v) is 2.80. The number of carbonyl (C=O) groups is 3. The number of benzene rings is 2. The minimum Gasteiger partial charge on any atom is -0.506 e. The summed E-state index contributed by atoms with van der Waals surface area (Å²) in [7, 11) is 0. The van der Waals surface area contributed by atoms with Crippen molar-refractivity contribution < 1.29 is 29.0 Å². The Hall–Kier alpha value is -3.55. The second kappa shape index (κ2) is 10.3. The van der Waals surface area contributed by atoms with Crippen molar-refractivity contribution in [3.63, 3.8) is 0 Å². The van der Waals surface area contributed by atoms with E-state index in [1.54, 1.807) is 39.0 Å². The summed E-state index contributed by atoms with van der Waals surface area (Å²) in [5.74, 6) is -1.07. The summed E-state index contributed by atoms with van der Waals surface area (Å²) in [6.07, 6.45) is 1.04. The number of ether oxygens (including phenoxy) is 2. The monoisotopic (exact) mass is 414 g/mol. The van der Waals surface area contributed by atoms with Crippen molar-refractivity contribution in [2.75, 3.05) is 17.2 Å². The van der Waals surface area contributed by atoms with Crippen LogP contribution in [0.3, 0.4) is 0 Å². The van der Waals surface area contributed by atoms with Crippen LogP contribution in [0, 0.1) is 13.8 Å². The first-order valence-corrected chi connectivity index (χ1v) is 9.65. The lowest BCUT2D eigenvalue weighted by Crippen LogP contribution is -2.25. The van der Waals surface area contributed by atoms with Gasteiger partial charge in [-0.1, -0.05) is 6.92 Å². The summed E-state index contributed by atoms with van der Waals surface area (Å²) in [6.45, 7) is 7.23. The molecule has 0 saturated carbocycles. The molecule has 2 rings (SSSR count). The van der Waals surface area contributed by atoms with Gasteiger partial charge in [-0.05, 0) is 62.6 Å². The third-order valence-corrected chi connectivity index (χ3v) is 4.12. The lowest BCUT2D eigenvalue weighted by molar-refractivity contribution is -0.152. The van der Waals surface area contributed by atoms with Crippen LogP contribution in [-0.2, 0) is 19.1 Å². The molecule has 0 aliphatic rings. The second-order valence-electron chi connectivity index (χ2n) is 6.69. The largest absolute Gasteiger partial charge is 0.506 e. The summed E-state index contributed by atoms with van der Waals surface area (Å²) >= 11 is 0. The highest BCUT2D eigenvalue weighted by Gasteiger charge is 2.17. The Bertz CT molecular complexity index is 932. The van der Waals surface area contributed by atoms with Crippen molar-refractivity contribution >= 4 is 29.2 Å². The molecule has 0 bridgehead atoms. The summed E-state index contributed by atoms with van der Waals surface area (Å²) in [6, 6.07) is 7.90. The minimum absolute atomic E-state index is 0.0581. The molecule has 0 aromatic heterocycles. The summed E-state index contributed by atoms with van der Waals surface area (Å²) in [4.78, 5) is 35.1. The zero-order chi connectivity index (χ0) is 22.3. The maximum atomic E-state index is 11.8. The molecule has 2 amide bonds. The molecule has 0 spiro atoms. The van der Waals surface area contributed by atoms with E-state index in [9.17, 15) is 19.5 Å². The van der Waals surface area contributed by atoms with Crippen LogP contribution in [0.2, 0.25) is 0 Å². The lowest BCUT2D eigenvalue weighted by atomic mass is 10.1. The van der Waals surface area contributed by atoms with E-state index in [1.165, 1.54) is 12.1 Å². The molecule has 0 aliphatic carbocycles. The van der Waals surface area contributed by atoms with Crippen LogP contribution in [0.4, 0.5) is 11.4 Å². The van der Waals surface area contributed by atoms with Crippen LogP contribution >= 0.6 is 0 Å². The number of rotatable bonds is 7. The molecule has 0 unspecified atom stereocenters. The van der Waals surface area contributed by atoms with E-state index in [0.717, 1.165) is 11.1 Å². The first kappa shape index (κ1) is 22.7. The molecular formula is C22H26N2O6. The van der Waals surface area contributed by atoms with Crippen molar-refractivity contribution in [2.45, 2.75) is 40.5 Å². The Balaban J connectivity index is 2.20. The molecule has 3 N–H and O–H groups in total. The molecule has 30 heavy (non-hydrogen) atoms. The Morgan fingerprint density at radius 1 is 1.00 bits per heavy atom. The molecular weight excluding hydrogens is 388 g/mol. The molecule has 8 nitrogen and oxygen atoms in total. The maximum Gasteiger partial charge on any atom is 0.397 e. The van der Waals surface area contributed by atoms with Crippen molar-refractivity contribution in [1.29, 1.82) is 0 Å². The van der Waals surface area contributed by atoms with Crippen molar-refractivity contribution in [3.05, 3.63) is 41.5 Å². The Labute approximate surface area is 175 Å². The van der Waals surface area contributed by atoms with Crippen LogP contribution in [0.1, 0.15) is 37.8 Å². The van der Waals surface area contributed by atoms with Crippen LogP contribution in [0.25, 0.3) is 0 Å². The third-order valence-electron chi connectivity index (χ3n) is 4.12. The topological polar surface area (TPSA) is 114 Å². The molecule has 2 aromatic carbocycles. The summed E-state index contributed by atoms with van der Waals surface area (Å²) in [5.41, 5.74) is 2.14. The molecule has 0 aliphatic heterocycles. The SMILES string of the molecule is CCCC(=O)Nc1cc(Oc2c(C)cc(NC(=O)C(=O)OCC)cc2C)ccc1O. The van der Waals surface area contributed by atoms with Gasteiger partial charge in [-0.3, -0.25) is 9.59 Å². The van der Waals surface area contributed by atoms with Crippen molar-refractivity contribution in [3.8, 4) is 17.2 Å². The predicted molar refractivity (Wildman–Crippen MR) is 113 cm³/mol. The van der Waals surface area contributed by atoms with Gasteiger partial charge >= 0.3 is 11.9 Å². The number of nitrogens with one attached hydrogen (secondary N) is 2. The number of esters is 1. The van der Waals surface area contributed by atoms with E-state index >= 15 is 0 Å². The molecule has 0 fully saturated rings. The fourth-order valence-electron chi connectivity index (χ4n) is 2.80. The van der Waals surface area contributed by atoms with Gasteiger partial charge in [-0.2, -0.15) is 0 Å². The van der Waals surface area contributed by atoms with E-state index in [4.69, 9.17) is 4.74 Å². The second-order valence-corrected chi connectivity index (χ2v) is 6.69. The smallest absolute Gasteiger partial charge is 0.397 e. The molecule has 8 heteroatoms. The lowest BCUT2D eigenvalue weighted by Gasteiger charge is -2.15. The van der Waals surface area contributed by atoms with Gasteiger partial charge in [0.05, 0.1) is 12.3 Å². The average Bonchev–Trinajstić information content (AvgIpc) is 2.67. The molecule has 0 heterocycles. The van der Waals surface area contributed by atoms with Crippen LogP contribution in [0.15, 0.2) is 30.3 Å². The van der Waals surface area contributed by atoms with Crippen LogP contribution < -0.4 is 15.4 Å². The molecule has 2 aromatic rings. The van der Waals surface area contributed by atoms with Gasteiger partial charge in [-0.25, -0.2) is 4.79 Å². The van der Waals surface area contributed by atoms with E-state index in [1.807, 2.05) is 6.92 Å². The molecule has 160 valence electrons. The zero-order valence-electron chi connectivity index (χ0n) is 17.5. The highest BCUT2D eigenvalue weighted by Crippen LogP contribution is 2.35.